The summed E-state index contributed by atoms with van der Waals surface area (Å²) in [4.78, 5) is 0. The van der Waals surface area contributed by atoms with E-state index in [1.54, 1.807) is 0 Å². The van der Waals surface area contributed by atoms with Crippen molar-refractivity contribution in [1.29, 1.82) is 0 Å². The first-order valence-electron chi connectivity index (χ1n) is 6.81. The van der Waals surface area contributed by atoms with Crippen LogP contribution in [0.2, 0.25) is 0 Å². The topological polar surface area (TPSA) is 21.3 Å². The van der Waals surface area contributed by atoms with Crippen molar-refractivity contribution in [3.63, 3.8) is 0 Å². The molecule has 0 aromatic heterocycles. The minimum absolute atomic E-state index is 0.368. The molecule has 0 saturated heterocycles. The SMILES string of the molecule is CCC(CNCC(C)C)OC(C)CC(C)C. The van der Waals surface area contributed by atoms with Crippen molar-refractivity contribution < 1.29 is 4.74 Å². The Kier molecular flexibility index (Phi) is 8.96. The first kappa shape index (κ1) is 15.9. The quantitative estimate of drug-likeness (QED) is 0.654. The number of hydrogen-bond acceptors (Lipinski definition) is 2. The molecule has 0 heterocycles. The number of ether oxygens (including phenoxy) is 1. The van der Waals surface area contributed by atoms with E-state index in [0.717, 1.165) is 31.8 Å². The van der Waals surface area contributed by atoms with Gasteiger partial charge in [0.1, 0.15) is 0 Å². The molecule has 0 aliphatic heterocycles. The summed E-state index contributed by atoms with van der Waals surface area (Å²) in [5, 5.41) is 3.47. The van der Waals surface area contributed by atoms with Crippen LogP contribution in [-0.4, -0.2) is 25.3 Å². The fraction of sp³-hybridized carbons (Fsp3) is 1.00. The van der Waals surface area contributed by atoms with Gasteiger partial charge in [-0.3, -0.25) is 0 Å². The zero-order valence-corrected chi connectivity index (χ0v) is 12.0. The predicted octanol–water partition coefficient (Wildman–Crippen LogP) is 3.46. The number of hydrogen-bond donors (Lipinski definition) is 1. The van der Waals surface area contributed by atoms with E-state index in [1.165, 1.54) is 0 Å². The van der Waals surface area contributed by atoms with E-state index in [2.05, 4.69) is 46.9 Å². The van der Waals surface area contributed by atoms with Crippen LogP contribution in [0.3, 0.4) is 0 Å². The van der Waals surface area contributed by atoms with Gasteiger partial charge in [0.2, 0.25) is 0 Å². The molecule has 0 aromatic rings. The molecular weight excluding hydrogens is 198 g/mol. The monoisotopic (exact) mass is 229 g/mol. The van der Waals surface area contributed by atoms with E-state index in [4.69, 9.17) is 4.74 Å². The van der Waals surface area contributed by atoms with E-state index in [1.807, 2.05) is 0 Å². The first-order chi connectivity index (χ1) is 7.45. The van der Waals surface area contributed by atoms with Crippen molar-refractivity contribution in [3.8, 4) is 0 Å². The Bertz CT molecular complexity index is 157. The molecular formula is C14H31NO. The highest BCUT2D eigenvalue weighted by Crippen LogP contribution is 2.11. The van der Waals surface area contributed by atoms with Gasteiger partial charge >= 0.3 is 0 Å². The minimum atomic E-state index is 0.368. The highest BCUT2D eigenvalue weighted by atomic mass is 16.5. The normalized spacial score (nSPS) is 15.8. The Balaban J connectivity index is 3.73. The Labute approximate surface area is 102 Å². The summed E-state index contributed by atoms with van der Waals surface area (Å²) in [6.07, 6.45) is 2.99. The third kappa shape index (κ3) is 9.17. The molecule has 2 heteroatoms. The molecule has 0 bridgehead atoms. The fourth-order valence-corrected chi connectivity index (χ4v) is 1.87. The second-order valence-corrected chi connectivity index (χ2v) is 5.66. The van der Waals surface area contributed by atoms with Crippen molar-refractivity contribution in [3.05, 3.63) is 0 Å². The second-order valence-electron chi connectivity index (χ2n) is 5.66. The van der Waals surface area contributed by atoms with E-state index < -0.39 is 0 Å². The van der Waals surface area contributed by atoms with Crippen LogP contribution in [-0.2, 0) is 4.74 Å². The molecule has 0 aromatic carbocycles. The third-order valence-corrected chi connectivity index (χ3v) is 2.61. The minimum Gasteiger partial charge on any atom is -0.374 e. The lowest BCUT2D eigenvalue weighted by molar-refractivity contribution is -0.0127. The maximum Gasteiger partial charge on any atom is 0.0700 e. The summed E-state index contributed by atoms with van der Waals surface area (Å²) in [5.74, 6) is 1.43. The summed E-state index contributed by atoms with van der Waals surface area (Å²) in [5.41, 5.74) is 0. The van der Waals surface area contributed by atoms with Crippen LogP contribution in [0.5, 0.6) is 0 Å². The molecule has 0 aliphatic carbocycles. The summed E-state index contributed by atoms with van der Waals surface area (Å²) in [7, 11) is 0. The standard InChI is InChI=1S/C14H31NO/c1-7-14(10-15-9-12(4)5)16-13(6)8-11(2)3/h11-15H,7-10H2,1-6H3. The molecule has 0 radical (unpaired) electrons. The van der Waals surface area contributed by atoms with Crippen LogP contribution in [0.1, 0.15) is 54.4 Å². The summed E-state index contributed by atoms with van der Waals surface area (Å²) < 4.78 is 6.03. The number of nitrogens with one attached hydrogen (secondary N) is 1. The maximum atomic E-state index is 6.03. The van der Waals surface area contributed by atoms with Crippen LogP contribution in [0, 0.1) is 11.8 Å². The van der Waals surface area contributed by atoms with Crippen LogP contribution < -0.4 is 5.32 Å². The van der Waals surface area contributed by atoms with Crippen molar-refractivity contribution in [2.75, 3.05) is 13.1 Å². The van der Waals surface area contributed by atoms with Crippen LogP contribution in [0.4, 0.5) is 0 Å². The molecule has 0 saturated carbocycles. The molecule has 98 valence electrons. The van der Waals surface area contributed by atoms with Gasteiger partial charge in [0.15, 0.2) is 0 Å². The van der Waals surface area contributed by atoms with E-state index in [9.17, 15) is 0 Å². The van der Waals surface area contributed by atoms with Crippen LogP contribution in [0.15, 0.2) is 0 Å². The van der Waals surface area contributed by atoms with E-state index >= 15 is 0 Å². The second kappa shape index (κ2) is 9.00. The Morgan fingerprint density at radius 2 is 1.56 bits per heavy atom. The molecule has 2 atom stereocenters. The Hall–Kier alpha value is -0.0800. The van der Waals surface area contributed by atoms with Crippen molar-refractivity contribution in [2.24, 2.45) is 11.8 Å². The third-order valence-electron chi connectivity index (χ3n) is 2.61. The van der Waals surface area contributed by atoms with Gasteiger partial charge in [-0.15, -0.1) is 0 Å². The fourth-order valence-electron chi connectivity index (χ4n) is 1.87. The summed E-state index contributed by atoms with van der Waals surface area (Å²) in [6, 6.07) is 0. The average Bonchev–Trinajstić information content (AvgIpc) is 2.14. The lowest BCUT2D eigenvalue weighted by Gasteiger charge is -2.23. The van der Waals surface area contributed by atoms with Gasteiger partial charge in [-0.1, -0.05) is 34.6 Å². The molecule has 0 rings (SSSR count). The van der Waals surface area contributed by atoms with Gasteiger partial charge in [0.25, 0.3) is 0 Å². The highest BCUT2D eigenvalue weighted by molar-refractivity contribution is 4.64. The van der Waals surface area contributed by atoms with E-state index in [-0.39, 0.29) is 0 Å². The summed E-state index contributed by atoms with van der Waals surface area (Å²) in [6.45, 7) is 15.4. The Morgan fingerprint density at radius 3 is 2.00 bits per heavy atom. The largest absolute Gasteiger partial charge is 0.374 e. The van der Waals surface area contributed by atoms with Gasteiger partial charge < -0.3 is 10.1 Å². The molecule has 1 N–H and O–H groups in total. The molecule has 16 heavy (non-hydrogen) atoms. The molecule has 2 nitrogen and oxygen atoms in total. The van der Waals surface area contributed by atoms with Gasteiger partial charge in [0, 0.05) is 6.54 Å². The predicted molar refractivity (Wildman–Crippen MR) is 71.8 cm³/mol. The lowest BCUT2D eigenvalue weighted by atomic mass is 10.1. The van der Waals surface area contributed by atoms with Crippen LogP contribution >= 0.6 is 0 Å². The van der Waals surface area contributed by atoms with E-state index in [0.29, 0.717) is 18.1 Å². The van der Waals surface area contributed by atoms with Gasteiger partial charge in [-0.2, -0.15) is 0 Å². The highest BCUT2D eigenvalue weighted by Gasteiger charge is 2.12. The molecule has 0 fully saturated rings. The smallest absolute Gasteiger partial charge is 0.0700 e. The maximum absolute atomic E-state index is 6.03. The zero-order valence-electron chi connectivity index (χ0n) is 12.0. The van der Waals surface area contributed by atoms with Gasteiger partial charge in [-0.05, 0) is 38.1 Å². The molecule has 0 spiro atoms. The molecule has 0 aliphatic rings. The van der Waals surface area contributed by atoms with Crippen molar-refractivity contribution in [1.82, 2.24) is 5.32 Å². The van der Waals surface area contributed by atoms with Crippen molar-refractivity contribution >= 4 is 0 Å². The van der Waals surface area contributed by atoms with Gasteiger partial charge in [0.05, 0.1) is 12.2 Å². The Morgan fingerprint density at radius 1 is 0.938 bits per heavy atom. The first-order valence-corrected chi connectivity index (χ1v) is 6.81. The lowest BCUT2D eigenvalue weighted by Crippen LogP contribution is -2.33. The zero-order chi connectivity index (χ0) is 12.6. The van der Waals surface area contributed by atoms with Gasteiger partial charge in [-0.25, -0.2) is 0 Å². The number of rotatable bonds is 9. The van der Waals surface area contributed by atoms with Crippen molar-refractivity contribution in [2.45, 2.75) is 66.6 Å². The molecule has 2 unspecified atom stereocenters. The summed E-state index contributed by atoms with van der Waals surface area (Å²) >= 11 is 0. The average molecular weight is 229 g/mol. The molecule has 0 amide bonds. The van der Waals surface area contributed by atoms with Crippen LogP contribution in [0.25, 0.3) is 0 Å².